The van der Waals surface area contributed by atoms with Crippen molar-refractivity contribution < 1.29 is 14.2 Å². The second kappa shape index (κ2) is 5.46. The van der Waals surface area contributed by atoms with E-state index in [4.69, 9.17) is 10.00 Å². The van der Waals surface area contributed by atoms with Crippen LogP contribution in [0.3, 0.4) is 0 Å². The van der Waals surface area contributed by atoms with Gasteiger partial charge in [0.2, 0.25) is 5.88 Å². The van der Waals surface area contributed by atoms with Crippen molar-refractivity contribution in [3.05, 3.63) is 53.5 Å². The monoisotopic (exact) mass is 258 g/mol. The summed E-state index contributed by atoms with van der Waals surface area (Å²) in [5.74, 6) is -0.554. The highest BCUT2D eigenvalue weighted by Crippen LogP contribution is 2.29. The quantitative estimate of drug-likeness (QED) is 0.919. The Hall–Kier alpha value is -2.45. The molecule has 1 aromatic carbocycles. The van der Waals surface area contributed by atoms with Gasteiger partial charge in [0.05, 0.1) is 17.7 Å². The molecule has 0 spiro atoms. The summed E-state index contributed by atoms with van der Waals surface area (Å²) in [5, 5.41) is 18.2. The highest BCUT2D eigenvalue weighted by molar-refractivity contribution is 5.39. The van der Waals surface area contributed by atoms with Gasteiger partial charge >= 0.3 is 0 Å². The smallest absolute Gasteiger partial charge is 0.225 e. The number of halogens is 1. The molecule has 0 fully saturated rings. The Morgan fingerprint density at radius 2 is 2.21 bits per heavy atom. The molecule has 2 rings (SSSR count). The summed E-state index contributed by atoms with van der Waals surface area (Å²) in [4.78, 5) is 3.97. The molecule has 0 bridgehead atoms. The van der Waals surface area contributed by atoms with E-state index in [1.165, 1.54) is 18.3 Å². The number of nitrogens with zero attached hydrogens (tertiary/aromatic N) is 2. The summed E-state index contributed by atoms with van der Waals surface area (Å²) in [6, 6.07) is 9.03. The number of hydrogen-bond acceptors (Lipinski definition) is 4. The molecule has 1 atom stereocenters. The third-order valence-electron chi connectivity index (χ3n) is 2.52. The Labute approximate surface area is 109 Å². The van der Waals surface area contributed by atoms with E-state index in [1.807, 2.05) is 6.07 Å². The molecule has 5 heteroatoms. The molecule has 0 amide bonds. The first-order chi connectivity index (χ1) is 9.11. The van der Waals surface area contributed by atoms with E-state index in [9.17, 15) is 9.50 Å². The summed E-state index contributed by atoms with van der Waals surface area (Å²) >= 11 is 0. The molecule has 0 saturated carbocycles. The van der Waals surface area contributed by atoms with Crippen molar-refractivity contribution in [3.63, 3.8) is 0 Å². The number of aliphatic hydroxyl groups excluding tert-OH is 1. The first kappa shape index (κ1) is 13.0. The molecule has 1 N–H and O–H groups in total. The first-order valence-electron chi connectivity index (χ1n) is 5.62. The van der Waals surface area contributed by atoms with E-state index in [1.54, 1.807) is 19.1 Å². The Morgan fingerprint density at radius 1 is 1.42 bits per heavy atom. The van der Waals surface area contributed by atoms with Gasteiger partial charge in [-0.3, -0.25) is 0 Å². The molecule has 0 saturated heterocycles. The summed E-state index contributed by atoms with van der Waals surface area (Å²) in [5.41, 5.74) is 0.674. The third kappa shape index (κ3) is 2.87. The average Bonchev–Trinajstić information content (AvgIpc) is 2.41. The lowest BCUT2D eigenvalue weighted by Crippen LogP contribution is -1.99. The number of pyridine rings is 1. The minimum Gasteiger partial charge on any atom is -0.436 e. The fourth-order valence-corrected chi connectivity index (χ4v) is 1.56. The van der Waals surface area contributed by atoms with Gasteiger partial charge in [0.1, 0.15) is 0 Å². The van der Waals surface area contributed by atoms with Crippen LogP contribution in [0.4, 0.5) is 4.39 Å². The standard InChI is InChI=1S/C14H11FN2O2/c1-9(18)11-3-2-6-17-14(11)19-13-5-4-10(8-16)7-12(13)15/h2-7,9,18H,1H3/t9-/m0/s1. The van der Waals surface area contributed by atoms with E-state index >= 15 is 0 Å². The zero-order valence-corrected chi connectivity index (χ0v) is 10.2. The van der Waals surface area contributed by atoms with Crippen LogP contribution >= 0.6 is 0 Å². The Bertz CT molecular complexity index is 636. The number of rotatable bonds is 3. The van der Waals surface area contributed by atoms with E-state index in [0.29, 0.717) is 5.56 Å². The van der Waals surface area contributed by atoms with Crippen LogP contribution in [0.25, 0.3) is 0 Å². The highest BCUT2D eigenvalue weighted by atomic mass is 19.1. The van der Waals surface area contributed by atoms with Crippen molar-refractivity contribution in [1.29, 1.82) is 5.26 Å². The van der Waals surface area contributed by atoms with Crippen LogP contribution in [0.15, 0.2) is 36.5 Å². The number of aromatic nitrogens is 1. The van der Waals surface area contributed by atoms with Crippen molar-refractivity contribution in [1.82, 2.24) is 4.98 Å². The lowest BCUT2D eigenvalue weighted by atomic mass is 10.2. The number of benzene rings is 1. The summed E-state index contributed by atoms with van der Waals surface area (Å²) in [7, 11) is 0. The van der Waals surface area contributed by atoms with Gasteiger partial charge in [-0.2, -0.15) is 5.26 Å². The van der Waals surface area contributed by atoms with Crippen LogP contribution in [0.2, 0.25) is 0 Å². The second-order valence-corrected chi connectivity index (χ2v) is 3.93. The van der Waals surface area contributed by atoms with Crippen molar-refractivity contribution in [2.75, 3.05) is 0 Å². The topological polar surface area (TPSA) is 66.1 Å². The molecule has 0 unspecified atom stereocenters. The molecule has 0 radical (unpaired) electrons. The SMILES string of the molecule is C[C@H](O)c1cccnc1Oc1ccc(C#N)cc1F. The predicted molar refractivity (Wildman–Crippen MR) is 66.1 cm³/mol. The minimum atomic E-state index is -0.773. The maximum Gasteiger partial charge on any atom is 0.225 e. The van der Waals surface area contributed by atoms with Crippen molar-refractivity contribution in [3.8, 4) is 17.7 Å². The van der Waals surface area contributed by atoms with Gasteiger partial charge in [-0.05, 0) is 37.3 Å². The predicted octanol–water partition coefficient (Wildman–Crippen LogP) is 2.94. The summed E-state index contributed by atoms with van der Waals surface area (Å²) in [6.07, 6.45) is 0.716. The summed E-state index contributed by atoms with van der Waals surface area (Å²) in [6.45, 7) is 1.57. The van der Waals surface area contributed by atoms with Crippen molar-refractivity contribution in [2.45, 2.75) is 13.0 Å². The first-order valence-corrected chi connectivity index (χ1v) is 5.62. The van der Waals surface area contributed by atoms with Gasteiger partial charge in [-0.25, -0.2) is 9.37 Å². The molecule has 96 valence electrons. The zero-order chi connectivity index (χ0) is 13.8. The Morgan fingerprint density at radius 3 is 2.84 bits per heavy atom. The summed E-state index contributed by atoms with van der Waals surface area (Å²) < 4.78 is 19.0. The normalized spacial score (nSPS) is 11.7. The molecule has 0 aliphatic carbocycles. The van der Waals surface area contributed by atoms with Crippen LogP contribution in [-0.4, -0.2) is 10.1 Å². The fraction of sp³-hybridized carbons (Fsp3) is 0.143. The molecule has 1 aromatic heterocycles. The zero-order valence-electron chi connectivity index (χ0n) is 10.2. The average molecular weight is 258 g/mol. The van der Waals surface area contributed by atoms with Crippen LogP contribution in [0.1, 0.15) is 24.2 Å². The van der Waals surface area contributed by atoms with Gasteiger partial charge in [0.25, 0.3) is 0 Å². The molecular formula is C14H11FN2O2. The van der Waals surface area contributed by atoms with Gasteiger partial charge in [-0.1, -0.05) is 0 Å². The third-order valence-corrected chi connectivity index (χ3v) is 2.52. The molecule has 1 heterocycles. The number of nitriles is 1. The lowest BCUT2D eigenvalue weighted by molar-refractivity contribution is 0.194. The van der Waals surface area contributed by atoms with Crippen molar-refractivity contribution >= 4 is 0 Å². The van der Waals surface area contributed by atoms with Gasteiger partial charge in [-0.15, -0.1) is 0 Å². The van der Waals surface area contributed by atoms with E-state index in [-0.39, 0.29) is 17.2 Å². The molecule has 2 aromatic rings. The van der Waals surface area contributed by atoms with E-state index < -0.39 is 11.9 Å². The van der Waals surface area contributed by atoms with E-state index in [2.05, 4.69) is 4.98 Å². The molecule has 19 heavy (non-hydrogen) atoms. The maximum absolute atomic E-state index is 13.7. The molecular weight excluding hydrogens is 247 g/mol. The van der Waals surface area contributed by atoms with Gasteiger partial charge in [0.15, 0.2) is 11.6 Å². The van der Waals surface area contributed by atoms with Gasteiger partial charge in [0, 0.05) is 11.8 Å². The maximum atomic E-state index is 13.7. The Balaban J connectivity index is 2.34. The van der Waals surface area contributed by atoms with Crippen LogP contribution in [0.5, 0.6) is 11.6 Å². The number of hydrogen-bond donors (Lipinski definition) is 1. The van der Waals surface area contributed by atoms with Crippen LogP contribution in [0, 0.1) is 17.1 Å². The lowest BCUT2D eigenvalue weighted by Gasteiger charge is -2.12. The largest absolute Gasteiger partial charge is 0.436 e. The van der Waals surface area contributed by atoms with E-state index in [0.717, 1.165) is 6.07 Å². The molecule has 4 nitrogen and oxygen atoms in total. The van der Waals surface area contributed by atoms with Gasteiger partial charge < -0.3 is 9.84 Å². The second-order valence-electron chi connectivity index (χ2n) is 3.93. The number of ether oxygens (including phenoxy) is 1. The minimum absolute atomic E-state index is 0.0420. The van der Waals surface area contributed by atoms with Crippen LogP contribution < -0.4 is 4.74 Å². The Kier molecular flexibility index (Phi) is 3.74. The highest BCUT2D eigenvalue weighted by Gasteiger charge is 2.13. The van der Waals surface area contributed by atoms with Crippen LogP contribution in [-0.2, 0) is 0 Å². The molecule has 0 aliphatic rings. The number of aliphatic hydroxyl groups is 1. The van der Waals surface area contributed by atoms with Crippen molar-refractivity contribution in [2.24, 2.45) is 0 Å². The fourth-order valence-electron chi connectivity index (χ4n) is 1.56. The molecule has 0 aliphatic heterocycles.